The van der Waals surface area contributed by atoms with E-state index in [9.17, 15) is 14.4 Å². The summed E-state index contributed by atoms with van der Waals surface area (Å²) in [6, 6.07) is 10.7. The van der Waals surface area contributed by atoms with Gasteiger partial charge in [-0.25, -0.2) is 9.78 Å². The van der Waals surface area contributed by atoms with E-state index < -0.39 is 0 Å². The molecule has 4 amide bonds. The first kappa shape index (κ1) is 29.6. The van der Waals surface area contributed by atoms with E-state index in [1.54, 1.807) is 40.5 Å². The van der Waals surface area contributed by atoms with E-state index in [-0.39, 0.29) is 35.8 Å². The molecule has 218 valence electrons. The number of rotatable bonds is 7. The minimum atomic E-state index is -0.244. The molecule has 2 atom stereocenters. The quantitative estimate of drug-likeness (QED) is 0.446. The number of nitrogens with one attached hydrogen (secondary N) is 2. The average molecular weight is 561 g/mol. The van der Waals surface area contributed by atoms with Crippen molar-refractivity contribution in [1.29, 1.82) is 0 Å². The molecule has 4 rings (SSSR count). The summed E-state index contributed by atoms with van der Waals surface area (Å²) in [5.74, 6) is 0.505. The monoisotopic (exact) mass is 560 g/mol. The van der Waals surface area contributed by atoms with Crippen molar-refractivity contribution in [3.63, 3.8) is 0 Å². The summed E-state index contributed by atoms with van der Waals surface area (Å²) < 4.78 is 1.97. The Kier molecular flexibility index (Phi) is 8.65. The van der Waals surface area contributed by atoms with Crippen molar-refractivity contribution < 1.29 is 14.4 Å². The normalized spacial score (nSPS) is 16.3. The second-order valence-corrected chi connectivity index (χ2v) is 11.2. The van der Waals surface area contributed by atoms with Gasteiger partial charge in [-0.15, -0.1) is 0 Å². The molecule has 41 heavy (non-hydrogen) atoms. The van der Waals surface area contributed by atoms with Crippen molar-refractivity contribution in [2.24, 2.45) is 0 Å². The Morgan fingerprint density at radius 2 is 1.68 bits per heavy atom. The third-order valence-electron chi connectivity index (χ3n) is 7.27. The molecule has 0 aliphatic carbocycles. The van der Waals surface area contributed by atoms with Crippen LogP contribution in [0.2, 0.25) is 0 Å². The van der Waals surface area contributed by atoms with Crippen molar-refractivity contribution in [3.8, 4) is 0 Å². The van der Waals surface area contributed by atoms with E-state index in [4.69, 9.17) is 5.10 Å². The number of hydrogen-bond acceptors (Lipinski definition) is 6. The van der Waals surface area contributed by atoms with Crippen LogP contribution in [0.15, 0.2) is 42.6 Å². The first-order chi connectivity index (χ1) is 19.4. The number of amides is 4. The molecule has 0 saturated heterocycles. The van der Waals surface area contributed by atoms with Gasteiger partial charge in [-0.2, -0.15) is 5.10 Å². The molecular formula is C30H40N8O3. The number of nitrogens with zero attached hydrogens (tertiary/aromatic N) is 6. The average Bonchev–Trinajstić information content (AvgIpc) is 3.36. The van der Waals surface area contributed by atoms with Gasteiger partial charge < -0.3 is 25.3 Å². The number of aromatic nitrogens is 3. The maximum absolute atomic E-state index is 13.6. The fraction of sp³-hybridized carbons (Fsp3) is 0.433. The van der Waals surface area contributed by atoms with Crippen LogP contribution in [-0.2, 0) is 6.54 Å². The molecule has 0 radical (unpaired) electrons. The van der Waals surface area contributed by atoms with Gasteiger partial charge in [0.25, 0.3) is 11.8 Å². The SMILES string of the molecule is CC(C)n1nc(C(=O)NCc2ccc(NC(=O)N(C)C)cc2)c2c1[C@@H](C)CN(c1ccc(C(=O)N(C)C)cn1)[C@@H]2C. The van der Waals surface area contributed by atoms with E-state index in [1.807, 2.05) is 35.0 Å². The summed E-state index contributed by atoms with van der Waals surface area (Å²) in [5, 5.41) is 10.6. The van der Waals surface area contributed by atoms with Gasteiger partial charge in [0, 0.05) is 76.4 Å². The lowest BCUT2D eigenvalue weighted by molar-refractivity contribution is 0.0826. The highest BCUT2D eigenvalue weighted by molar-refractivity contribution is 5.95. The summed E-state index contributed by atoms with van der Waals surface area (Å²) in [6.45, 7) is 9.36. The Balaban J connectivity index is 1.57. The molecule has 0 fully saturated rings. The zero-order valence-corrected chi connectivity index (χ0v) is 25.1. The third kappa shape index (κ3) is 6.18. The molecule has 11 heteroatoms. The molecule has 3 heterocycles. The third-order valence-corrected chi connectivity index (χ3v) is 7.27. The molecule has 0 bridgehead atoms. The van der Waals surface area contributed by atoms with Crippen LogP contribution in [0.25, 0.3) is 0 Å². The van der Waals surface area contributed by atoms with Gasteiger partial charge in [-0.05, 0) is 50.6 Å². The molecule has 2 N–H and O–H groups in total. The summed E-state index contributed by atoms with van der Waals surface area (Å²) in [4.78, 5) is 47.6. The smallest absolute Gasteiger partial charge is 0.321 e. The highest BCUT2D eigenvalue weighted by Crippen LogP contribution is 2.40. The van der Waals surface area contributed by atoms with Gasteiger partial charge in [0.05, 0.1) is 11.6 Å². The second kappa shape index (κ2) is 12.0. The molecule has 11 nitrogen and oxygen atoms in total. The van der Waals surface area contributed by atoms with E-state index in [1.165, 1.54) is 9.80 Å². The lowest BCUT2D eigenvalue weighted by Crippen LogP contribution is -2.38. The standard InChI is InChI=1S/C30H40N8O3/c1-18(2)38-27-19(3)17-37(24-14-11-22(16-31-24)29(40)35(5)6)20(4)25(27)26(34-38)28(39)32-15-21-9-12-23(13-10-21)33-30(41)36(7)8/h9-14,16,18-20H,15,17H2,1-8H3,(H,32,39)(H,33,41)/t19-,20+/m0/s1. The van der Waals surface area contributed by atoms with Crippen molar-refractivity contribution in [2.45, 2.75) is 52.2 Å². The maximum Gasteiger partial charge on any atom is 0.321 e. The van der Waals surface area contributed by atoms with Crippen LogP contribution in [0.3, 0.4) is 0 Å². The van der Waals surface area contributed by atoms with E-state index >= 15 is 0 Å². The van der Waals surface area contributed by atoms with Gasteiger partial charge in [0.1, 0.15) is 5.82 Å². The summed E-state index contributed by atoms with van der Waals surface area (Å²) in [5.41, 5.74) is 4.48. The Bertz CT molecular complexity index is 1410. The molecule has 1 aromatic carbocycles. The Morgan fingerprint density at radius 3 is 2.24 bits per heavy atom. The molecular weight excluding hydrogens is 520 g/mol. The summed E-state index contributed by atoms with van der Waals surface area (Å²) in [6.07, 6.45) is 1.60. The van der Waals surface area contributed by atoms with Crippen LogP contribution in [0.1, 0.15) is 83.4 Å². The van der Waals surface area contributed by atoms with Gasteiger partial charge in [0.2, 0.25) is 0 Å². The van der Waals surface area contributed by atoms with Crippen molar-refractivity contribution in [1.82, 2.24) is 29.9 Å². The predicted molar refractivity (Wildman–Crippen MR) is 159 cm³/mol. The number of anilines is 2. The lowest BCUT2D eigenvalue weighted by Gasteiger charge is -2.38. The first-order valence-corrected chi connectivity index (χ1v) is 13.8. The number of benzene rings is 1. The Labute approximate surface area is 241 Å². The van der Waals surface area contributed by atoms with Crippen LogP contribution in [0.5, 0.6) is 0 Å². The van der Waals surface area contributed by atoms with Crippen LogP contribution in [0.4, 0.5) is 16.3 Å². The molecule has 2 aromatic heterocycles. The molecule has 1 aliphatic heterocycles. The number of urea groups is 1. The van der Waals surface area contributed by atoms with Crippen molar-refractivity contribution in [3.05, 3.63) is 70.7 Å². The van der Waals surface area contributed by atoms with E-state index in [0.29, 0.717) is 30.0 Å². The lowest BCUT2D eigenvalue weighted by atomic mass is 9.90. The zero-order chi connectivity index (χ0) is 30.0. The number of fused-ring (bicyclic) bond motifs is 1. The zero-order valence-electron chi connectivity index (χ0n) is 25.1. The van der Waals surface area contributed by atoms with Gasteiger partial charge >= 0.3 is 6.03 Å². The predicted octanol–water partition coefficient (Wildman–Crippen LogP) is 4.27. The van der Waals surface area contributed by atoms with E-state index in [2.05, 4.69) is 48.2 Å². The summed E-state index contributed by atoms with van der Waals surface area (Å²) >= 11 is 0. The largest absolute Gasteiger partial charge is 0.349 e. The number of carbonyl (C=O) groups is 3. The van der Waals surface area contributed by atoms with Crippen molar-refractivity contribution >= 4 is 29.4 Å². The highest BCUT2D eigenvalue weighted by Gasteiger charge is 2.38. The molecule has 0 saturated carbocycles. The number of pyridine rings is 1. The topological polar surface area (TPSA) is 116 Å². The molecule has 0 spiro atoms. The van der Waals surface area contributed by atoms with Crippen LogP contribution < -0.4 is 15.5 Å². The van der Waals surface area contributed by atoms with Crippen molar-refractivity contribution in [2.75, 3.05) is 45.0 Å². The van der Waals surface area contributed by atoms with Gasteiger partial charge in [-0.3, -0.25) is 14.3 Å². The van der Waals surface area contributed by atoms with Crippen LogP contribution in [0, 0.1) is 0 Å². The molecule has 3 aromatic rings. The van der Waals surface area contributed by atoms with Crippen LogP contribution >= 0.6 is 0 Å². The molecule has 1 aliphatic rings. The fourth-order valence-corrected chi connectivity index (χ4v) is 5.06. The maximum atomic E-state index is 13.6. The fourth-order valence-electron chi connectivity index (χ4n) is 5.06. The Morgan fingerprint density at radius 1 is 1.00 bits per heavy atom. The summed E-state index contributed by atoms with van der Waals surface area (Å²) in [7, 11) is 6.79. The second-order valence-electron chi connectivity index (χ2n) is 11.2. The van der Waals surface area contributed by atoms with Crippen LogP contribution in [-0.4, -0.2) is 77.1 Å². The highest BCUT2D eigenvalue weighted by atomic mass is 16.2. The van der Waals surface area contributed by atoms with Gasteiger partial charge in [0.15, 0.2) is 5.69 Å². The van der Waals surface area contributed by atoms with E-state index in [0.717, 1.165) is 22.6 Å². The minimum absolute atomic E-state index is 0.0888. The first-order valence-electron chi connectivity index (χ1n) is 13.8. The van der Waals surface area contributed by atoms with Gasteiger partial charge in [-0.1, -0.05) is 19.1 Å². The molecule has 0 unspecified atom stereocenters. The number of carbonyl (C=O) groups excluding carboxylic acids is 3. The minimum Gasteiger partial charge on any atom is -0.349 e. The number of hydrogen-bond donors (Lipinski definition) is 2. The Hall–Kier alpha value is -4.41.